The average Bonchev–Trinajstić information content (AvgIpc) is 1.96. The van der Waals surface area contributed by atoms with Gasteiger partial charge in [0.25, 0.3) is 5.56 Å². The SMILES string of the molecule is Cc1nc(N)[nH]c(=O)c1CC(C)C. The molecule has 13 heavy (non-hydrogen) atoms. The second-order valence-electron chi connectivity index (χ2n) is 3.61. The Morgan fingerprint density at radius 3 is 2.62 bits per heavy atom. The van der Waals surface area contributed by atoms with Crippen LogP contribution in [0.4, 0.5) is 5.95 Å². The highest BCUT2D eigenvalue weighted by Gasteiger charge is 2.08. The molecule has 0 unspecified atom stereocenters. The topological polar surface area (TPSA) is 71.8 Å². The van der Waals surface area contributed by atoms with Crippen molar-refractivity contribution in [3.63, 3.8) is 0 Å². The summed E-state index contributed by atoms with van der Waals surface area (Å²) < 4.78 is 0. The minimum Gasteiger partial charge on any atom is -0.369 e. The molecule has 4 heteroatoms. The third-order valence-electron chi connectivity index (χ3n) is 1.85. The van der Waals surface area contributed by atoms with E-state index in [0.29, 0.717) is 5.92 Å². The van der Waals surface area contributed by atoms with Crippen molar-refractivity contribution in [2.75, 3.05) is 5.73 Å². The number of nitrogens with one attached hydrogen (secondary N) is 1. The zero-order valence-electron chi connectivity index (χ0n) is 8.22. The number of nitrogens with two attached hydrogens (primary N) is 1. The van der Waals surface area contributed by atoms with E-state index in [-0.39, 0.29) is 11.5 Å². The maximum absolute atomic E-state index is 11.4. The van der Waals surface area contributed by atoms with Crippen molar-refractivity contribution in [3.05, 3.63) is 21.6 Å². The Kier molecular flexibility index (Phi) is 2.70. The predicted octanol–water partition coefficient (Wildman–Crippen LogP) is 0.859. The fourth-order valence-electron chi connectivity index (χ4n) is 1.28. The Hall–Kier alpha value is -1.32. The molecule has 0 aromatic carbocycles. The van der Waals surface area contributed by atoms with E-state index in [1.54, 1.807) is 0 Å². The first kappa shape index (κ1) is 9.77. The van der Waals surface area contributed by atoms with Gasteiger partial charge in [0.2, 0.25) is 5.95 Å². The van der Waals surface area contributed by atoms with Crippen LogP contribution >= 0.6 is 0 Å². The third-order valence-corrected chi connectivity index (χ3v) is 1.85. The lowest BCUT2D eigenvalue weighted by atomic mass is 10.0. The number of nitrogens with zero attached hydrogens (tertiary/aromatic N) is 1. The molecule has 4 nitrogen and oxygen atoms in total. The van der Waals surface area contributed by atoms with Gasteiger partial charge >= 0.3 is 0 Å². The van der Waals surface area contributed by atoms with Crippen LogP contribution in [0.5, 0.6) is 0 Å². The van der Waals surface area contributed by atoms with E-state index < -0.39 is 0 Å². The van der Waals surface area contributed by atoms with Crippen molar-refractivity contribution in [3.8, 4) is 0 Å². The van der Waals surface area contributed by atoms with Crippen molar-refractivity contribution in [2.24, 2.45) is 5.92 Å². The first-order chi connectivity index (χ1) is 6.00. The van der Waals surface area contributed by atoms with Crippen LogP contribution in [0.3, 0.4) is 0 Å². The van der Waals surface area contributed by atoms with Gasteiger partial charge in [0.05, 0.1) is 0 Å². The van der Waals surface area contributed by atoms with Crippen LogP contribution in [0, 0.1) is 12.8 Å². The van der Waals surface area contributed by atoms with E-state index in [4.69, 9.17) is 5.73 Å². The molecule has 1 rings (SSSR count). The summed E-state index contributed by atoms with van der Waals surface area (Å²) in [5.41, 5.74) is 6.75. The molecule has 0 aliphatic carbocycles. The summed E-state index contributed by atoms with van der Waals surface area (Å²) in [5, 5.41) is 0. The Morgan fingerprint density at radius 2 is 2.15 bits per heavy atom. The van der Waals surface area contributed by atoms with E-state index in [2.05, 4.69) is 23.8 Å². The average molecular weight is 181 g/mol. The van der Waals surface area contributed by atoms with Crippen LogP contribution in [0.15, 0.2) is 4.79 Å². The van der Waals surface area contributed by atoms with Crippen molar-refractivity contribution in [1.82, 2.24) is 9.97 Å². The van der Waals surface area contributed by atoms with Gasteiger partial charge in [0.1, 0.15) is 0 Å². The minimum atomic E-state index is -0.112. The highest BCUT2D eigenvalue weighted by molar-refractivity contribution is 5.24. The summed E-state index contributed by atoms with van der Waals surface area (Å²) >= 11 is 0. The summed E-state index contributed by atoms with van der Waals surface area (Å²) in [5.74, 6) is 0.639. The summed E-state index contributed by atoms with van der Waals surface area (Å²) in [6, 6.07) is 0. The number of aromatic amines is 1. The molecule has 0 radical (unpaired) electrons. The molecule has 0 saturated heterocycles. The third kappa shape index (κ3) is 2.31. The highest BCUT2D eigenvalue weighted by Crippen LogP contribution is 2.06. The highest BCUT2D eigenvalue weighted by atomic mass is 16.1. The second kappa shape index (κ2) is 3.60. The lowest BCUT2D eigenvalue weighted by Gasteiger charge is -2.06. The second-order valence-corrected chi connectivity index (χ2v) is 3.61. The first-order valence-electron chi connectivity index (χ1n) is 4.36. The minimum absolute atomic E-state index is 0.112. The van der Waals surface area contributed by atoms with E-state index in [1.165, 1.54) is 0 Å². The van der Waals surface area contributed by atoms with Gasteiger partial charge in [-0.25, -0.2) is 4.98 Å². The molecule has 0 fully saturated rings. The Morgan fingerprint density at radius 1 is 1.54 bits per heavy atom. The molecular weight excluding hydrogens is 166 g/mol. The molecule has 1 aromatic heterocycles. The van der Waals surface area contributed by atoms with Crippen LogP contribution in [0.2, 0.25) is 0 Å². The normalized spacial score (nSPS) is 10.8. The van der Waals surface area contributed by atoms with E-state index in [1.807, 2.05) is 6.92 Å². The monoisotopic (exact) mass is 181 g/mol. The number of hydrogen-bond donors (Lipinski definition) is 2. The molecule has 1 heterocycles. The van der Waals surface area contributed by atoms with Crippen molar-refractivity contribution >= 4 is 5.95 Å². The molecule has 0 aliphatic rings. The number of nitrogen functional groups attached to an aromatic ring is 1. The van der Waals surface area contributed by atoms with Crippen molar-refractivity contribution in [2.45, 2.75) is 27.2 Å². The number of aromatic nitrogens is 2. The van der Waals surface area contributed by atoms with Crippen LogP contribution in [-0.4, -0.2) is 9.97 Å². The number of rotatable bonds is 2. The summed E-state index contributed by atoms with van der Waals surface area (Å²) in [7, 11) is 0. The van der Waals surface area contributed by atoms with Gasteiger partial charge in [-0.2, -0.15) is 0 Å². The number of H-pyrrole nitrogens is 1. The first-order valence-corrected chi connectivity index (χ1v) is 4.36. The lowest BCUT2D eigenvalue weighted by Crippen LogP contribution is -2.19. The molecule has 0 spiro atoms. The van der Waals surface area contributed by atoms with Gasteiger partial charge in [-0.05, 0) is 19.3 Å². The van der Waals surface area contributed by atoms with Gasteiger partial charge < -0.3 is 5.73 Å². The van der Waals surface area contributed by atoms with Crippen LogP contribution in [0.1, 0.15) is 25.1 Å². The summed E-state index contributed by atoms with van der Waals surface area (Å²) in [6.07, 6.45) is 0.744. The molecular formula is C9H15N3O. The maximum atomic E-state index is 11.4. The van der Waals surface area contributed by atoms with E-state index in [9.17, 15) is 4.79 Å². The van der Waals surface area contributed by atoms with Gasteiger partial charge in [0.15, 0.2) is 0 Å². The fraction of sp³-hybridized carbons (Fsp3) is 0.556. The zero-order chi connectivity index (χ0) is 10.0. The standard InChI is InChI=1S/C9H15N3O/c1-5(2)4-7-6(3)11-9(10)12-8(7)13/h5H,4H2,1-3H3,(H3,10,11,12,13). The fourth-order valence-corrected chi connectivity index (χ4v) is 1.28. The molecule has 72 valence electrons. The van der Waals surface area contributed by atoms with Crippen LogP contribution in [0.25, 0.3) is 0 Å². The van der Waals surface area contributed by atoms with Gasteiger partial charge in [-0.3, -0.25) is 9.78 Å². The smallest absolute Gasteiger partial charge is 0.255 e. The summed E-state index contributed by atoms with van der Waals surface area (Å²) in [6.45, 7) is 5.94. The zero-order valence-corrected chi connectivity index (χ0v) is 8.22. The Balaban J connectivity index is 3.14. The summed E-state index contributed by atoms with van der Waals surface area (Å²) in [4.78, 5) is 17.9. The van der Waals surface area contributed by atoms with Gasteiger partial charge in [-0.1, -0.05) is 13.8 Å². The predicted molar refractivity (Wildman–Crippen MR) is 52.5 cm³/mol. The molecule has 0 saturated carbocycles. The molecule has 3 N–H and O–H groups in total. The molecule has 0 aliphatic heterocycles. The van der Waals surface area contributed by atoms with E-state index in [0.717, 1.165) is 17.7 Å². The van der Waals surface area contributed by atoms with E-state index >= 15 is 0 Å². The van der Waals surface area contributed by atoms with Crippen molar-refractivity contribution < 1.29 is 0 Å². The molecule has 0 bridgehead atoms. The van der Waals surface area contributed by atoms with Gasteiger partial charge in [0, 0.05) is 11.3 Å². The van der Waals surface area contributed by atoms with Crippen molar-refractivity contribution in [1.29, 1.82) is 0 Å². The Bertz CT molecular complexity index is 354. The largest absolute Gasteiger partial charge is 0.369 e. The number of hydrogen-bond acceptors (Lipinski definition) is 3. The quantitative estimate of drug-likeness (QED) is 0.710. The molecule has 0 amide bonds. The van der Waals surface area contributed by atoms with Crippen LogP contribution in [-0.2, 0) is 6.42 Å². The lowest BCUT2D eigenvalue weighted by molar-refractivity contribution is 0.636. The van der Waals surface area contributed by atoms with Gasteiger partial charge in [-0.15, -0.1) is 0 Å². The molecule has 1 aromatic rings. The van der Waals surface area contributed by atoms with Crippen LogP contribution < -0.4 is 11.3 Å². The Labute approximate surface area is 77.2 Å². The number of anilines is 1. The number of aryl methyl sites for hydroxylation is 1. The molecule has 0 atom stereocenters. The maximum Gasteiger partial charge on any atom is 0.255 e.